The number of carbonyl (C=O) groups excluding carboxylic acids is 1. The van der Waals surface area contributed by atoms with Crippen molar-refractivity contribution in [1.82, 2.24) is 15.3 Å². The van der Waals surface area contributed by atoms with Gasteiger partial charge < -0.3 is 19.8 Å². The van der Waals surface area contributed by atoms with Crippen molar-refractivity contribution in [2.24, 2.45) is 0 Å². The minimum Gasteiger partial charge on any atom is -0.493 e. The minimum absolute atomic E-state index is 0.0615. The van der Waals surface area contributed by atoms with E-state index in [4.69, 9.17) is 9.47 Å². The van der Waals surface area contributed by atoms with E-state index in [9.17, 15) is 9.59 Å². The van der Waals surface area contributed by atoms with E-state index in [0.29, 0.717) is 23.8 Å². The molecule has 3 heterocycles. The number of aromatic amines is 1. The second-order valence-corrected chi connectivity index (χ2v) is 8.29. The lowest BCUT2D eigenvalue weighted by molar-refractivity contribution is 0.0938. The fraction of sp³-hybridized carbons (Fsp3) is 0.160. The molecule has 8 heteroatoms. The van der Waals surface area contributed by atoms with Crippen molar-refractivity contribution in [3.05, 3.63) is 99.4 Å². The topological polar surface area (TPSA) is 93.3 Å². The van der Waals surface area contributed by atoms with Crippen LogP contribution >= 0.6 is 11.3 Å². The van der Waals surface area contributed by atoms with Gasteiger partial charge in [-0.15, -0.1) is 11.3 Å². The lowest BCUT2D eigenvalue weighted by atomic mass is 10.1. The first-order valence-electron chi connectivity index (χ1n) is 10.3. The molecular weight excluding hydrogens is 438 g/mol. The Morgan fingerprint density at radius 2 is 1.94 bits per heavy atom. The number of H-pyrrole nitrogens is 1. The zero-order valence-electron chi connectivity index (χ0n) is 18.2. The molecule has 168 valence electrons. The molecule has 0 saturated carbocycles. The molecule has 0 aliphatic heterocycles. The number of methoxy groups -OCH3 is 1. The molecule has 4 aromatic rings. The maximum absolute atomic E-state index is 12.7. The zero-order chi connectivity index (χ0) is 23.2. The highest BCUT2D eigenvalue weighted by atomic mass is 32.1. The Balaban J connectivity index is 1.45. The number of carbonyl (C=O) groups is 1. The van der Waals surface area contributed by atoms with Crippen LogP contribution < -0.4 is 20.3 Å². The summed E-state index contributed by atoms with van der Waals surface area (Å²) >= 11 is 1.52. The quantitative estimate of drug-likeness (QED) is 0.401. The predicted octanol–water partition coefficient (Wildman–Crippen LogP) is 4.58. The Morgan fingerprint density at radius 3 is 2.64 bits per heavy atom. The monoisotopic (exact) mass is 461 g/mol. The number of benzene rings is 1. The van der Waals surface area contributed by atoms with Gasteiger partial charge in [0, 0.05) is 12.4 Å². The first kappa shape index (κ1) is 22.3. The molecule has 7 nitrogen and oxygen atoms in total. The number of thiophene rings is 1. The number of hydrogen-bond donors (Lipinski definition) is 2. The molecule has 3 aromatic heterocycles. The zero-order valence-corrected chi connectivity index (χ0v) is 19.0. The Kier molecular flexibility index (Phi) is 6.85. The van der Waals surface area contributed by atoms with Crippen molar-refractivity contribution in [3.63, 3.8) is 0 Å². The van der Waals surface area contributed by atoms with Gasteiger partial charge in [-0.3, -0.25) is 14.6 Å². The number of nitrogens with one attached hydrogen (secondary N) is 2. The number of ether oxygens (including phenoxy) is 2. The summed E-state index contributed by atoms with van der Waals surface area (Å²) in [5.41, 5.74) is 2.14. The highest BCUT2D eigenvalue weighted by Crippen LogP contribution is 2.31. The standard InChI is InChI=1S/C25H23N3O4S/c1-16(27-24(29)19-6-7-20(28-25(19)30)23-4-3-13-33-23)18-5-8-21(22(14-18)31-2)32-15-17-9-11-26-12-10-17/h3-14,16H,15H2,1-2H3,(H,27,29)(H,28,30). The van der Waals surface area contributed by atoms with Gasteiger partial charge in [-0.2, -0.15) is 0 Å². The van der Waals surface area contributed by atoms with Crippen molar-refractivity contribution in [2.45, 2.75) is 19.6 Å². The summed E-state index contributed by atoms with van der Waals surface area (Å²) in [5.74, 6) is 0.705. The number of hydrogen-bond acceptors (Lipinski definition) is 6. The van der Waals surface area contributed by atoms with Crippen LogP contribution in [0.5, 0.6) is 11.5 Å². The molecular formula is C25H23N3O4S. The fourth-order valence-electron chi connectivity index (χ4n) is 3.30. The van der Waals surface area contributed by atoms with Crippen LogP contribution in [0.3, 0.4) is 0 Å². The molecule has 1 unspecified atom stereocenters. The van der Waals surface area contributed by atoms with Gasteiger partial charge >= 0.3 is 0 Å². The van der Waals surface area contributed by atoms with E-state index >= 15 is 0 Å². The van der Waals surface area contributed by atoms with Gasteiger partial charge in [0.2, 0.25) is 0 Å². The van der Waals surface area contributed by atoms with E-state index in [-0.39, 0.29) is 11.6 Å². The molecule has 1 amide bonds. The normalized spacial score (nSPS) is 11.6. The van der Waals surface area contributed by atoms with Gasteiger partial charge in [-0.25, -0.2) is 0 Å². The first-order chi connectivity index (χ1) is 16.0. The van der Waals surface area contributed by atoms with E-state index in [1.165, 1.54) is 11.3 Å². The van der Waals surface area contributed by atoms with E-state index in [0.717, 1.165) is 16.0 Å². The van der Waals surface area contributed by atoms with E-state index in [1.807, 2.05) is 48.7 Å². The summed E-state index contributed by atoms with van der Waals surface area (Å²) in [6.07, 6.45) is 3.42. The number of pyridine rings is 2. The van der Waals surface area contributed by atoms with Crippen LogP contribution in [-0.4, -0.2) is 23.0 Å². The molecule has 4 rings (SSSR count). The van der Waals surface area contributed by atoms with Crippen LogP contribution in [0.1, 0.15) is 34.5 Å². The van der Waals surface area contributed by atoms with E-state index < -0.39 is 11.5 Å². The van der Waals surface area contributed by atoms with Crippen LogP contribution in [-0.2, 0) is 6.61 Å². The van der Waals surface area contributed by atoms with Crippen molar-refractivity contribution >= 4 is 17.2 Å². The smallest absolute Gasteiger partial charge is 0.261 e. The maximum atomic E-state index is 12.7. The lowest BCUT2D eigenvalue weighted by Crippen LogP contribution is -2.31. The van der Waals surface area contributed by atoms with Crippen molar-refractivity contribution in [2.75, 3.05) is 7.11 Å². The van der Waals surface area contributed by atoms with Gasteiger partial charge in [-0.1, -0.05) is 12.1 Å². The molecule has 0 aliphatic carbocycles. The van der Waals surface area contributed by atoms with Crippen LogP contribution in [0.2, 0.25) is 0 Å². The summed E-state index contributed by atoms with van der Waals surface area (Å²) in [4.78, 5) is 32.9. The summed E-state index contributed by atoms with van der Waals surface area (Å²) in [5, 5.41) is 4.81. The minimum atomic E-state index is -0.446. The van der Waals surface area contributed by atoms with Crippen LogP contribution in [0.25, 0.3) is 10.6 Å². The third kappa shape index (κ3) is 5.30. The van der Waals surface area contributed by atoms with E-state index in [2.05, 4.69) is 15.3 Å². The Labute approximate surface area is 195 Å². The lowest BCUT2D eigenvalue weighted by Gasteiger charge is -2.17. The number of nitrogens with zero attached hydrogens (tertiary/aromatic N) is 1. The fourth-order valence-corrected chi connectivity index (χ4v) is 4.01. The molecule has 0 bridgehead atoms. The van der Waals surface area contributed by atoms with Crippen LogP contribution in [0.4, 0.5) is 0 Å². The highest BCUT2D eigenvalue weighted by Gasteiger charge is 2.17. The predicted molar refractivity (Wildman–Crippen MR) is 128 cm³/mol. The van der Waals surface area contributed by atoms with Crippen LogP contribution in [0.15, 0.2) is 77.2 Å². The van der Waals surface area contributed by atoms with Gasteiger partial charge in [0.05, 0.1) is 23.7 Å². The largest absolute Gasteiger partial charge is 0.493 e. The van der Waals surface area contributed by atoms with Crippen molar-refractivity contribution in [1.29, 1.82) is 0 Å². The molecule has 1 aromatic carbocycles. The van der Waals surface area contributed by atoms with Gasteiger partial charge in [0.15, 0.2) is 11.5 Å². The highest BCUT2D eigenvalue weighted by molar-refractivity contribution is 7.13. The SMILES string of the molecule is COc1cc(C(C)NC(=O)c2ccc(-c3cccs3)[nH]c2=O)ccc1OCc1ccncc1. The summed E-state index contributed by atoms with van der Waals surface area (Å²) < 4.78 is 11.3. The molecule has 0 spiro atoms. The van der Waals surface area contributed by atoms with Gasteiger partial charge in [-0.05, 0) is 65.9 Å². The molecule has 0 saturated heterocycles. The molecule has 0 radical (unpaired) electrons. The molecule has 1 atom stereocenters. The summed E-state index contributed by atoms with van der Waals surface area (Å²) in [7, 11) is 1.57. The Bertz CT molecular complexity index is 1290. The van der Waals surface area contributed by atoms with Crippen molar-refractivity contribution in [3.8, 4) is 22.1 Å². The third-order valence-corrected chi connectivity index (χ3v) is 6.02. The second kappa shape index (κ2) is 10.1. The molecule has 0 fully saturated rings. The molecule has 2 N–H and O–H groups in total. The number of amides is 1. The molecule has 0 aliphatic rings. The second-order valence-electron chi connectivity index (χ2n) is 7.34. The third-order valence-electron chi connectivity index (χ3n) is 5.12. The Hall–Kier alpha value is -3.91. The van der Waals surface area contributed by atoms with Crippen LogP contribution in [0, 0.1) is 0 Å². The number of aromatic nitrogens is 2. The molecule has 33 heavy (non-hydrogen) atoms. The van der Waals surface area contributed by atoms with Gasteiger partial charge in [0.1, 0.15) is 12.2 Å². The Morgan fingerprint density at radius 1 is 1.12 bits per heavy atom. The van der Waals surface area contributed by atoms with Gasteiger partial charge in [0.25, 0.3) is 11.5 Å². The summed E-state index contributed by atoms with van der Waals surface area (Å²) in [6.45, 7) is 2.23. The van der Waals surface area contributed by atoms with Crippen molar-refractivity contribution < 1.29 is 14.3 Å². The average Bonchev–Trinajstić information content (AvgIpc) is 3.38. The summed E-state index contributed by atoms with van der Waals surface area (Å²) in [6, 6.07) is 16.0. The first-order valence-corrected chi connectivity index (χ1v) is 11.2. The average molecular weight is 462 g/mol. The van der Waals surface area contributed by atoms with E-state index in [1.54, 1.807) is 37.7 Å². The number of rotatable bonds is 8. The maximum Gasteiger partial charge on any atom is 0.261 e.